The number of aryl methyl sites for hydroxylation is 2. The molecule has 0 aromatic carbocycles. The van der Waals surface area contributed by atoms with E-state index in [4.69, 9.17) is 4.74 Å². The first-order valence-corrected chi connectivity index (χ1v) is 14.6. The Morgan fingerprint density at radius 2 is 1.93 bits per heavy atom. The highest BCUT2D eigenvalue weighted by atomic mass is 32.2. The second kappa shape index (κ2) is 9.94. The predicted molar refractivity (Wildman–Crippen MR) is 140 cm³/mol. The number of aromatic nitrogens is 5. The molecule has 6 rings (SSSR count). The van der Waals surface area contributed by atoms with Crippen molar-refractivity contribution in [2.75, 3.05) is 6.54 Å². The molecule has 16 heteroatoms. The number of sulfonamides is 1. The van der Waals surface area contributed by atoms with E-state index in [2.05, 4.69) is 20.2 Å². The Labute approximate surface area is 242 Å². The largest absolute Gasteiger partial charge is 0.481 e. The number of alkyl halides is 3. The molecule has 0 radical (unpaired) electrons. The van der Waals surface area contributed by atoms with Crippen LogP contribution >= 0.6 is 0 Å². The number of carboxylic acids is 1. The number of carboxylic acid groups (broad SMARTS) is 1. The minimum atomic E-state index is -4.75. The molecule has 1 aliphatic heterocycles. The van der Waals surface area contributed by atoms with Crippen LogP contribution in [0.4, 0.5) is 17.6 Å². The summed E-state index contributed by atoms with van der Waals surface area (Å²) in [5.41, 5.74) is 0.971. The van der Waals surface area contributed by atoms with Gasteiger partial charge in [-0.3, -0.25) is 14.2 Å². The molecule has 1 spiro atoms. The average molecular weight is 621 g/mol. The third kappa shape index (κ3) is 5.18. The fourth-order valence-electron chi connectivity index (χ4n) is 5.32. The van der Waals surface area contributed by atoms with Gasteiger partial charge in [0.05, 0.1) is 31.4 Å². The van der Waals surface area contributed by atoms with E-state index in [1.165, 1.54) is 13.0 Å². The molecule has 0 unspecified atom stereocenters. The molecule has 4 aromatic rings. The van der Waals surface area contributed by atoms with E-state index < -0.39 is 56.6 Å². The molecule has 0 bridgehead atoms. The van der Waals surface area contributed by atoms with Gasteiger partial charge in [0.1, 0.15) is 16.3 Å². The number of hydrogen-bond donors (Lipinski definition) is 1. The predicted octanol–water partition coefficient (Wildman–Crippen LogP) is 4.02. The molecule has 1 aliphatic carbocycles. The van der Waals surface area contributed by atoms with Crippen molar-refractivity contribution < 1.29 is 40.6 Å². The van der Waals surface area contributed by atoms with Gasteiger partial charge in [0.25, 0.3) is 0 Å². The first-order valence-electron chi connectivity index (χ1n) is 13.1. The zero-order valence-electron chi connectivity index (χ0n) is 22.8. The Bertz CT molecular complexity index is 1890. The Morgan fingerprint density at radius 1 is 1.19 bits per heavy atom. The molecule has 1 N–H and O–H groups in total. The Hall–Kier alpha value is -4.18. The van der Waals surface area contributed by atoms with Crippen LogP contribution in [-0.2, 0) is 27.5 Å². The Morgan fingerprint density at radius 3 is 2.60 bits per heavy atom. The summed E-state index contributed by atoms with van der Waals surface area (Å²) in [4.78, 5) is 20.1. The molecule has 2 aliphatic rings. The number of carbonyl (C=O) groups is 1. The van der Waals surface area contributed by atoms with Crippen LogP contribution in [0, 0.1) is 19.7 Å². The maximum absolute atomic E-state index is 14.1. The fourth-order valence-corrected chi connectivity index (χ4v) is 6.87. The van der Waals surface area contributed by atoms with Crippen molar-refractivity contribution in [3.63, 3.8) is 0 Å². The van der Waals surface area contributed by atoms with E-state index in [9.17, 15) is 35.9 Å². The minimum absolute atomic E-state index is 0.0264. The first-order chi connectivity index (χ1) is 20.2. The molecular formula is C27H24F4N6O5S. The van der Waals surface area contributed by atoms with Crippen LogP contribution in [0.25, 0.3) is 5.65 Å². The van der Waals surface area contributed by atoms with Crippen LogP contribution in [0.3, 0.4) is 0 Å². The molecule has 4 aromatic heterocycles. The third-order valence-corrected chi connectivity index (χ3v) is 9.56. The van der Waals surface area contributed by atoms with E-state index in [-0.39, 0.29) is 35.9 Å². The van der Waals surface area contributed by atoms with Crippen molar-refractivity contribution >= 4 is 21.6 Å². The summed E-state index contributed by atoms with van der Waals surface area (Å²) in [5.74, 6) is -4.32. The summed E-state index contributed by atoms with van der Waals surface area (Å²) in [6, 6.07) is 5.50. The lowest BCUT2D eigenvalue weighted by atomic mass is 9.89. The number of aliphatic carboxylic acids is 1. The van der Waals surface area contributed by atoms with E-state index in [0.29, 0.717) is 29.7 Å². The third-order valence-electron chi connectivity index (χ3n) is 7.77. The summed E-state index contributed by atoms with van der Waals surface area (Å²) < 4.78 is 89.5. The second-order valence-electron chi connectivity index (χ2n) is 10.8. The molecule has 43 heavy (non-hydrogen) atoms. The summed E-state index contributed by atoms with van der Waals surface area (Å²) in [5, 5.41) is 16.7. The molecule has 11 nitrogen and oxygen atoms in total. The van der Waals surface area contributed by atoms with Gasteiger partial charge in [0.15, 0.2) is 5.65 Å². The van der Waals surface area contributed by atoms with Gasteiger partial charge in [-0.1, -0.05) is 6.07 Å². The van der Waals surface area contributed by atoms with E-state index in [1.807, 2.05) is 0 Å². The van der Waals surface area contributed by atoms with E-state index in [0.717, 1.165) is 27.2 Å². The maximum atomic E-state index is 14.1. The number of pyridine rings is 3. The zero-order chi connectivity index (χ0) is 30.9. The van der Waals surface area contributed by atoms with Crippen molar-refractivity contribution in [3.8, 4) is 5.88 Å². The van der Waals surface area contributed by atoms with Gasteiger partial charge >= 0.3 is 12.1 Å². The van der Waals surface area contributed by atoms with Crippen LogP contribution in [0.15, 0.2) is 41.6 Å². The summed E-state index contributed by atoms with van der Waals surface area (Å²) in [7, 11) is -4.27. The lowest BCUT2D eigenvalue weighted by molar-refractivity contribution is -0.145. The molecule has 0 saturated heterocycles. The van der Waals surface area contributed by atoms with Crippen LogP contribution in [0.1, 0.15) is 59.1 Å². The molecule has 1 saturated carbocycles. The zero-order valence-corrected chi connectivity index (χ0v) is 23.6. The molecule has 5 heterocycles. The van der Waals surface area contributed by atoms with Gasteiger partial charge in [-0.2, -0.15) is 17.5 Å². The van der Waals surface area contributed by atoms with Gasteiger partial charge in [-0.25, -0.2) is 17.8 Å². The van der Waals surface area contributed by atoms with Crippen molar-refractivity contribution in [3.05, 3.63) is 76.4 Å². The van der Waals surface area contributed by atoms with E-state index in [1.54, 1.807) is 19.1 Å². The van der Waals surface area contributed by atoms with Gasteiger partial charge in [0.2, 0.25) is 21.7 Å². The second-order valence-corrected chi connectivity index (χ2v) is 12.7. The van der Waals surface area contributed by atoms with Crippen molar-refractivity contribution in [1.29, 1.82) is 0 Å². The number of nitrogens with zero attached hydrogens (tertiary/aromatic N) is 6. The highest BCUT2D eigenvalue weighted by Crippen LogP contribution is 2.46. The molecule has 1 atom stereocenters. The normalized spacial score (nSPS) is 18.2. The highest BCUT2D eigenvalue weighted by molar-refractivity contribution is 7.89. The summed E-state index contributed by atoms with van der Waals surface area (Å²) in [6.07, 6.45) is -2.03. The molecule has 226 valence electrons. The first kappa shape index (κ1) is 28.9. The number of fused-ring (bicyclic) bond motifs is 2. The van der Waals surface area contributed by atoms with Gasteiger partial charge in [-0.05, 0) is 55.5 Å². The molecule has 1 fully saturated rings. The van der Waals surface area contributed by atoms with Gasteiger partial charge in [0, 0.05) is 23.9 Å². The monoisotopic (exact) mass is 620 g/mol. The minimum Gasteiger partial charge on any atom is -0.481 e. The summed E-state index contributed by atoms with van der Waals surface area (Å²) >= 11 is 0. The van der Waals surface area contributed by atoms with Crippen molar-refractivity contribution in [1.82, 2.24) is 28.9 Å². The highest BCUT2D eigenvalue weighted by Gasteiger charge is 2.52. The standard InChI is InChI=1S/C27H24F4N6O5S/c1-14-3-4-19(18(10-22(38)39)17-5-8-37-23(15(17)2)34-35-25(37)27(29,30)31)33-20(14)12-36-13-26(6-7-26)42-24-21(43(36,40)41)9-16(28)11-32-24/h3-5,8-9,11,18H,6-7,10,12-13H2,1-2H3,(H,38,39)/t18-/m1/s1. The smallest absolute Gasteiger partial charge is 0.452 e. The van der Waals surface area contributed by atoms with Gasteiger partial charge < -0.3 is 9.84 Å². The lowest BCUT2D eigenvalue weighted by Gasteiger charge is -2.24. The van der Waals surface area contributed by atoms with Crippen LogP contribution in [0.5, 0.6) is 5.88 Å². The summed E-state index contributed by atoms with van der Waals surface area (Å²) in [6.45, 7) is 2.99. The average Bonchev–Trinajstić information content (AvgIpc) is 3.54. The van der Waals surface area contributed by atoms with E-state index >= 15 is 0 Å². The lowest BCUT2D eigenvalue weighted by Crippen LogP contribution is -2.38. The Kier molecular flexibility index (Phi) is 6.68. The Balaban J connectivity index is 1.40. The van der Waals surface area contributed by atoms with Crippen LogP contribution in [0.2, 0.25) is 0 Å². The van der Waals surface area contributed by atoms with Crippen LogP contribution in [-0.4, -0.2) is 60.5 Å². The fraction of sp³-hybridized carbons (Fsp3) is 0.370. The number of rotatable bonds is 6. The van der Waals surface area contributed by atoms with Crippen LogP contribution < -0.4 is 4.74 Å². The maximum Gasteiger partial charge on any atom is 0.452 e. The number of ether oxygens (including phenoxy) is 1. The SMILES string of the molecule is Cc1ccc([C@H](CC(=O)O)c2ccn3c(C(F)(F)F)nnc3c2C)nc1CN1CC2(CC2)Oc2ncc(F)cc2S1(=O)=O. The van der Waals surface area contributed by atoms with Crippen molar-refractivity contribution in [2.45, 2.75) is 62.2 Å². The molecular weight excluding hydrogens is 596 g/mol. The quantitative estimate of drug-likeness (QED) is 0.317. The topological polar surface area (TPSA) is 140 Å². The van der Waals surface area contributed by atoms with Gasteiger partial charge in [-0.15, -0.1) is 10.2 Å². The van der Waals surface area contributed by atoms with Crippen molar-refractivity contribution in [2.24, 2.45) is 0 Å². The number of halogens is 4. The molecule has 0 amide bonds. The number of hydrogen-bond acceptors (Lipinski definition) is 8.